The molecule has 6 rings (SSSR count). The first-order valence-corrected chi connectivity index (χ1v) is 12.1. The Labute approximate surface area is 153 Å². The number of fused-ring (bicyclic) bond motifs is 1. The smallest absolute Gasteiger partial charge is 0.261 e. The number of carbonyl (C=O) groups is 1. The average Bonchev–Trinajstić information content (AvgIpc) is 2.99. The van der Waals surface area contributed by atoms with E-state index >= 15 is 0 Å². The molecule has 0 saturated heterocycles. The summed E-state index contributed by atoms with van der Waals surface area (Å²) >= 11 is 1.36. The molecule has 5 aliphatic rings. The highest BCUT2D eigenvalue weighted by Crippen LogP contribution is 2.61. The lowest BCUT2D eigenvalue weighted by atomic mass is 9.48. The third kappa shape index (κ3) is 2.67. The van der Waals surface area contributed by atoms with E-state index in [-0.39, 0.29) is 23.5 Å². The summed E-state index contributed by atoms with van der Waals surface area (Å²) in [6, 6.07) is 2.00. The fourth-order valence-electron chi connectivity index (χ4n) is 6.44. The second-order valence-corrected chi connectivity index (χ2v) is 12.3. The maximum Gasteiger partial charge on any atom is 0.261 e. The van der Waals surface area contributed by atoms with Gasteiger partial charge in [0.15, 0.2) is 9.84 Å². The summed E-state index contributed by atoms with van der Waals surface area (Å²) in [4.78, 5) is 14.3. The van der Waals surface area contributed by atoms with Crippen LogP contribution in [0, 0.1) is 23.2 Å². The number of sulfone groups is 1. The quantitative estimate of drug-likeness (QED) is 0.874. The normalized spacial score (nSPS) is 38.5. The molecular weight excluding hydrogens is 354 g/mol. The molecule has 25 heavy (non-hydrogen) atoms. The monoisotopic (exact) mass is 379 g/mol. The zero-order valence-corrected chi connectivity index (χ0v) is 16.2. The van der Waals surface area contributed by atoms with Gasteiger partial charge in [0.1, 0.15) is 0 Å². The molecule has 136 valence electrons. The van der Waals surface area contributed by atoms with Crippen LogP contribution in [0.15, 0.2) is 6.07 Å². The van der Waals surface area contributed by atoms with E-state index in [2.05, 4.69) is 12.2 Å². The van der Waals surface area contributed by atoms with Crippen molar-refractivity contribution in [1.29, 1.82) is 0 Å². The fourth-order valence-corrected chi connectivity index (χ4v) is 9.60. The Morgan fingerprint density at radius 2 is 1.76 bits per heavy atom. The molecular formula is C19H25NO3S2. The van der Waals surface area contributed by atoms with E-state index in [4.69, 9.17) is 0 Å². The average molecular weight is 380 g/mol. The highest BCUT2D eigenvalue weighted by Gasteiger charge is 2.53. The molecule has 1 aromatic heterocycles. The van der Waals surface area contributed by atoms with Crippen molar-refractivity contribution in [1.82, 2.24) is 5.32 Å². The maximum atomic E-state index is 12.8. The van der Waals surface area contributed by atoms with Crippen molar-refractivity contribution in [3.05, 3.63) is 21.4 Å². The molecule has 1 N–H and O–H groups in total. The van der Waals surface area contributed by atoms with Gasteiger partial charge in [0.25, 0.3) is 5.91 Å². The van der Waals surface area contributed by atoms with Crippen molar-refractivity contribution in [3.63, 3.8) is 0 Å². The molecule has 2 heterocycles. The lowest BCUT2D eigenvalue weighted by Crippen LogP contribution is -2.55. The molecule has 4 aliphatic carbocycles. The molecule has 1 aromatic rings. The summed E-state index contributed by atoms with van der Waals surface area (Å²) in [5.41, 5.74) is 1.13. The number of thiophene rings is 1. The van der Waals surface area contributed by atoms with Gasteiger partial charge >= 0.3 is 0 Å². The van der Waals surface area contributed by atoms with Crippen molar-refractivity contribution in [2.75, 3.05) is 0 Å². The van der Waals surface area contributed by atoms with Gasteiger partial charge in [-0.2, -0.15) is 0 Å². The number of amides is 1. The van der Waals surface area contributed by atoms with Crippen LogP contribution in [0.2, 0.25) is 0 Å². The Balaban J connectivity index is 1.32. The molecule has 6 heteroatoms. The van der Waals surface area contributed by atoms with Crippen LogP contribution in [-0.4, -0.2) is 20.4 Å². The fraction of sp³-hybridized carbons (Fsp3) is 0.737. The van der Waals surface area contributed by atoms with Crippen LogP contribution in [0.4, 0.5) is 0 Å². The first kappa shape index (κ1) is 16.3. The zero-order valence-electron chi connectivity index (χ0n) is 14.6. The summed E-state index contributed by atoms with van der Waals surface area (Å²) in [6.45, 7) is 2.19. The lowest BCUT2D eigenvalue weighted by Gasteiger charge is -2.59. The Morgan fingerprint density at radius 1 is 1.16 bits per heavy atom. The van der Waals surface area contributed by atoms with Gasteiger partial charge in [0.2, 0.25) is 0 Å². The molecule has 0 radical (unpaired) electrons. The van der Waals surface area contributed by atoms with E-state index in [0.717, 1.165) is 28.2 Å². The number of nitrogens with one attached hydrogen (secondary N) is 1. The summed E-state index contributed by atoms with van der Waals surface area (Å²) in [6.07, 6.45) is 8.06. The number of rotatable bonds is 3. The molecule has 1 atom stereocenters. The molecule has 4 saturated carbocycles. The van der Waals surface area contributed by atoms with Crippen molar-refractivity contribution < 1.29 is 13.2 Å². The van der Waals surface area contributed by atoms with Gasteiger partial charge < -0.3 is 5.32 Å². The Hall–Kier alpha value is -0.880. The summed E-state index contributed by atoms with van der Waals surface area (Å²) in [5.74, 6) is 2.81. The minimum Gasteiger partial charge on any atom is -0.348 e. The second-order valence-electron chi connectivity index (χ2n) is 9.07. The Bertz CT molecular complexity index is 774. The van der Waals surface area contributed by atoms with Crippen LogP contribution in [0.1, 0.15) is 65.6 Å². The third-order valence-electron chi connectivity index (χ3n) is 7.20. The molecule has 0 unspecified atom stereocenters. The molecule has 4 fully saturated rings. The molecule has 1 amide bonds. The predicted molar refractivity (Wildman–Crippen MR) is 98.2 cm³/mol. The molecule has 0 spiro atoms. The molecule has 0 aromatic carbocycles. The topological polar surface area (TPSA) is 63.2 Å². The molecule has 4 bridgehead atoms. The summed E-state index contributed by atoms with van der Waals surface area (Å²) in [5, 5.41) is 3.28. The Morgan fingerprint density at radius 3 is 2.32 bits per heavy atom. The van der Waals surface area contributed by atoms with E-state index in [0.29, 0.717) is 10.3 Å². The third-order valence-corrected chi connectivity index (χ3v) is 10.0. The van der Waals surface area contributed by atoms with Crippen LogP contribution >= 0.6 is 11.3 Å². The SMILES string of the molecule is C[C@@H](NC(=O)c1cc2c(s1)CS(=O)(=O)C2)C12CC3CC(CC(C3)C1)C2. The van der Waals surface area contributed by atoms with E-state index < -0.39 is 9.84 Å². The number of hydrogen-bond acceptors (Lipinski definition) is 4. The highest BCUT2D eigenvalue weighted by atomic mass is 32.2. The minimum atomic E-state index is -2.98. The summed E-state index contributed by atoms with van der Waals surface area (Å²) < 4.78 is 23.3. The number of hydrogen-bond donors (Lipinski definition) is 1. The predicted octanol–water partition coefficient (Wildman–Crippen LogP) is 3.51. The lowest BCUT2D eigenvalue weighted by molar-refractivity contribution is -0.0687. The van der Waals surface area contributed by atoms with Gasteiger partial charge in [0, 0.05) is 10.9 Å². The van der Waals surface area contributed by atoms with E-state index in [9.17, 15) is 13.2 Å². The van der Waals surface area contributed by atoms with Crippen LogP contribution in [0.5, 0.6) is 0 Å². The van der Waals surface area contributed by atoms with Crippen molar-refractivity contribution >= 4 is 27.1 Å². The van der Waals surface area contributed by atoms with E-state index in [1.165, 1.54) is 49.9 Å². The van der Waals surface area contributed by atoms with Gasteiger partial charge in [-0.1, -0.05) is 0 Å². The van der Waals surface area contributed by atoms with Gasteiger partial charge in [-0.25, -0.2) is 8.42 Å². The van der Waals surface area contributed by atoms with Crippen molar-refractivity contribution in [3.8, 4) is 0 Å². The van der Waals surface area contributed by atoms with E-state index in [1.807, 2.05) is 0 Å². The molecule has 1 aliphatic heterocycles. The number of carbonyl (C=O) groups excluding carboxylic acids is 1. The van der Waals surface area contributed by atoms with Crippen LogP contribution < -0.4 is 5.32 Å². The van der Waals surface area contributed by atoms with Crippen LogP contribution in [0.25, 0.3) is 0 Å². The van der Waals surface area contributed by atoms with Gasteiger partial charge in [-0.05, 0) is 80.2 Å². The minimum absolute atomic E-state index is 0.0138. The molecule has 4 nitrogen and oxygen atoms in total. The first-order chi connectivity index (χ1) is 11.8. The van der Waals surface area contributed by atoms with Gasteiger partial charge in [-0.3, -0.25) is 4.79 Å². The van der Waals surface area contributed by atoms with Crippen molar-refractivity contribution in [2.24, 2.45) is 23.2 Å². The van der Waals surface area contributed by atoms with E-state index in [1.54, 1.807) is 6.07 Å². The highest BCUT2D eigenvalue weighted by molar-refractivity contribution is 7.90. The maximum absolute atomic E-state index is 12.8. The summed E-state index contributed by atoms with van der Waals surface area (Å²) in [7, 11) is -2.98. The van der Waals surface area contributed by atoms with Crippen molar-refractivity contribution in [2.45, 2.75) is 63.0 Å². The second kappa shape index (κ2) is 5.32. The largest absolute Gasteiger partial charge is 0.348 e. The van der Waals surface area contributed by atoms with Gasteiger partial charge in [0.05, 0.1) is 16.4 Å². The van der Waals surface area contributed by atoms with Crippen LogP contribution in [0.3, 0.4) is 0 Å². The standard InChI is InChI=1S/C19H25NO3S2/c1-11(19-6-12-2-13(7-19)4-14(3-12)8-19)20-18(21)16-5-15-9-25(22,23)10-17(15)24-16/h5,11-14H,2-4,6-10H2,1H3,(H,20,21)/t11-,12?,13?,14?,19?/m1/s1. The van der Waals surface area contributed by atoms with Crippen LogP contribution in [-0.2, 0) is 21.3 Å². The Kier molecular flexibility index (Phi) is 3.47. The first-order valence-electron chi connectivity index (χ1n) is 9.45. The zero-order chi connectivity index (χ0) is 17.4. The van der Waals surface area contributed by atoms with Gasteiger partial charge in [-0.15, -0.1) is 11.3 Å².